The van der Waals surface area contributed by atoms with E-state index in [0.29, 0.717) is 18.1 Å². The minimum atomic E-state index is -0.223. The molecular formula is C21H26FN5O. The Bertz CT molecular complexity index is 829. The van der Waals surface area contributed by atoms with Crippen molar-refractivity contribution in [1.29, 1.82) is 0 Å². The monoisotopic (exact) mass is 383 g/mol. The Labute approximate surface area is 164 Å². The first-order valence-electron chi connectivity index (χ1n) is 9.43. The number of benzene rings is 2. The second-order valence-electron chi connectivity index (χ2n) is 6.72. The van der Waals surface area contributed by atoms with Crippen LogP contribution in [0.4, 0.5) is 10.1 Å². The molecule has 3 N–H and O–H groups in total. The van der Waals surface area contributed by atoms with E-state index in [4.69, 9.17) is 5.73 Å². The summed E-state index contributed by atoms with van der Waals surface area (Å²) in [4.78, 5) is 20.5. The van der Waals surface area contributed by atoms with Crippen molar-refractivity contribution in [3.05, 3.63) is 65.5 Å². The van der Waals surface area contributed by atoms with Gasteiger partial charge in [-0.25, -0.2) is 4.39 Å². The summed E-state index contributed by atoms with van der Waals surface area (Å²) in [5.41, 5.74) is 8.88. The van der Waals surface area contributed by atoms with Gasteiger partial charge in [0.05, 0.1) is 0 Å². The van der Waals surface area contributed by atoms with E-state index < -0.39 is 0 Å². The second kappa shape index (κ2) is 9.21. The summed E-state index contributed by atoms with van der Waals surface area (Å²) in [6.45, 7) is 3.75. The Morgan fingerprint density at radius 1 is 1.14 bits per heavy atom. The Kier molecular flexibility index (Phi) is 6.47. The van der Waals surface area contributed by atoms with E-state index >= 15 is 0 Å². The molecule has 0 saturated carbocycles. The number of guanidine groups is 1. The molecule has 7 heteroatoms. The lowest BCUT2D eigenvalue weighted by atomic mass is 10.1. The molecule has 2 aromatic rings. The summed E-state index contributed by atoms with van der Waals surface area (Å²) in [7, 11) is 1.62. The highest BCUT2D eigenvalue weighted by Gasteiger charge is 2.18. The number of amides is 1. The van der Waals surface area contributed by atoms with Crippen molar-refractivity contribution >= 4 is 17.6 Å². The lowest BCUT2D eigenvalue weighted by molar-refractivity contribution is 0.0963. The Morgan fingerprint density at radius 2 is 1.86 bits per heavy atom. The number of hydrogen-bond acceptors (Lipinski definition) is 3. The van der Waals surface area contributed by atoms with Gasteiger partial charge in [-0.2, -0.15) is 0 Å². The fourth-order valence-electron chi connectivity index (χ4n) is 3.26. The van der Waals surface area contributed by atoms with Crippen molar-refractivity contribution in [2.45, 2.75) is 6.42 Å². The van der Waals surface area contributed by atoms with Crippen molar-refractivity contribution in [2.24, 2.45) is 10.7 Å². The zero-order chi connectivity index (χ0) is 19.9. The van der Waals surface area contributed by atoms with Crippen LogP contribution in [-0.2, 0) is 6.42 Å². The van der Waals surface area contributed by atoms with Gasteiger partial charge in [0.2, 0.25) is 0 Å². The first-order chi connectivity index (χ1) is 13.6. The number of nitrogens with two attached hydrogens (primary N) is 1. The minimum absolute atomic E-state index is 0.0936. The van der Waals surface area contributed by atoms with Gasteiger partial charge in [0.15, 0.2) is 5.96 Å². The number of halogens is 1. The molecule has 1 amide bonds. The summed E-state index contributed by atoms with van der Waals surface area (Å²) in [5.74, 6) is 0.227. The van der Waals surface area contributed by atoms with Crippen molar-refractivity contribution < 1.29 is 9.18 Å². The molecule has 28 heavy (non-hydrogen) atoms. The number of carbonyl (C=O) groups is 1. The van der Waals surface area contributed by atoms with E-state index in [0.717, 1.165) is 43.9 Å². The number of anilines is 1. The van der Waals surface area contributed by atoms with Crippen molar-refractivity contribution in [2.75, 3.05) is 44.7 Å². The maximum Gasteiger partial charge on any atom is 0.251 e. The average Bonchev–Trinajstić information content (AvgIpc) is 2.74. The fraction of sp³-hybridized carbons (Fsp3) is 0.333. The molecule has 6 nitrogen and oxygen atoms in total. The van der Waals surface area contributed by atoms with E-state index in [1.807, 2.05) is 18.2 Å². The van der Waals surface area contributed by atoms with Crippen molar-refractivity contribution in [3.63, 3.8) is 0 Å². The smallest absolute Gasteiger partial charge is 0.251 e. The Balaban J connectivity index is 1.50. The molecular weight excluding hydrogens is 357 g/mol. The van der Waals surface area contributed by atoms with Crippen molar-refractivity contribution in [3.8, 4) is 0 Å². The van der Waals surface area contributed by atoms with Gasteiger partial charge in [-0.3, -0.25) is 9.79 Å². The summed E-state index contributed by atoms with van der Waals surface area (Å²) in [5, 5.41) is 2.63. The van der Waals surface area contributed by atoms with Crippen LogP contribution < -0.4 is 16.0 Å². The third kappa shape index (κ3) is 5.00. The normalized spacial score (nSPS) is 14.9. The quantitative estimate of drug-likeness (QED) is 0.611. The molecule has 1 heterocycles. The number of piperazine rings is 1. The molecule has 0 unspecified atom stereocenters. The molecule has 0 aliphatic carbocycles. The SMILES string of the molecule is CNC(=O)c1cccc(CCN=C(N)N2CCN(c3ccc(F)cc3)CC2)c1. The predicted octanol–water partition coefficient (Wildman–Crippen LogP) is 1.86. The lowest BCUT2D eigenvalue weighted by Crippen LogP contribution is -2.51. The highest BCUT2D eigenvalue weighted by molar-refractivity contribution is 5.94. The fourth-order valence-corrected chi connectivity index (χ4v) is 3.26. The number of carbonyl (C=O) groups excluding carboxylic acids is 1. The van der Waals surface area contributed by atoms with E-state index in [1.54, 1.807) is 25.2 Å². The standard InChI is InChI=1S/C21H26FN5O/c1-24-20(28)17-4-2-3-16(15-17)9-10-25-21(23)27-13-11-26(12-14-27)19-7-5-18(22)6-8-19/h2-8,15H,9-14H2,1H3,(H2,23,25)(H,24,28). The van der Waals surface area contributed by atoms with Crippen LogP contribution >= 0.6 is 0 Å². The van der Waals surface area contributed by atoms with Gasteiger partial charge in [-0.15, -0.1) is 0 Å². The molecule has 0 atom stereocenters. The van der Waals surface area contributed by atoms with Gasteiger partial charge in [-0.05, 0) is 48.4 Å². The Hall–Kier alpha value is -3.09. The first-order valence-corrected chi connectivity index (χ1v) is 9.43. The summed E-state index contributed by atoms with van der Waals surface area (Å²) in [6.07, 6.45) is 0.723. The number of nitrogens with zero attached hydrogens (tertiary/aromatic N) is 3. The van der Waals surface area contributed by atoms with E-state index in [-0.39, 0.29) is 11.7 Å². The number of hydrogen-bond donors (Lipinski definition) is 2. The zero-order valence-corrected chi connectivity index (χ0v) is 16.1. The van der Waals surface area contributed by atoms with Crippen LogP contribution in [0.5, 0.6) is 0 Å². The van der Waals surface area contributed by atoms with Crippen molar-refractivity contribution in [1.82, 2.24) is 10.2 Å². The van der Waals surface area contributed by atoms with Crippen LogP contribution in [0.1, 0.15) is 15.9 Å². The molecule has 1 fully saturated rings. The minimum Gasteiger partial charge on any atom is -0.370 e. The largest absolute Gasteiger partial charge is 0.370 e. The molecule has 0 spiro atoms. The summed E-state index contributed by atoms with van der Waals surface area (Å²) in [6, 6.07) is 14.1. The maximum atomic E-state index is 13.1. The summed E-state index contributed by atoms with van der Waals surface area (Å²) < 4.78 is 13.1. The van der Waals surface area contributed by atoms with E-state index in [9.17, 15) is 9.18 Å². The third-order valence-electron chi connectivity index (χ3n) is 4.89. The van der Waals surface area contributed by atoms with Crippen LogP contribution in [0.2, 0.25) is 0 Å². The van der Waals surface area contributed by atoms with Gasteiger partial charge in [0.25, 0.3) is 5.91 Å². The molecule has 1 aliphatic rings. The zero-order valence-electron chi connectivity index (χ0n) is 16.1. The predicted molar refractivity (Wildman–Crippen MR) is 110 cm³/mol. The van der Waals surface area contributed by atoms with E-state index in [2.05, 4.69) is 20.1 Å². The first kappa shape index (κ1) is 19.7. The second-order valence-corrected chi connectivity index (χ2v) is 6.72. The average molecular weight is 383 g/mol. The maximum absolute atomic E-state index is 13.1. The van der Waals surface area contributed by atoms with Gasteiger partial charge >= 0.3 is 0 Å². The number of aliphatic imine (C=N–C) groups is 1. The van der Waals surface area contributed by atoms with Gasteiger partial charge in [0, 0.05) is 51.0 Å². The van der Waals surface area contributed by atoms with Gasteiger partial charge < -0.3 is 20.9 Å². The van der Waals surface area contributed by atoms with Crippen LogP contribution in [0, 0.1) is 5.82 Å². The highest BCUT2D eigenvalue weighted by atomic mass is 19.1. The van der Waals surface area contributed by atoms with Gasteiger partial charge in [0.1, 0.15) is 5.82 Å². The van der Waals surface area contributed by atoms with Crippen LogP contribution in [0.3, 0.4) is 0 Å². The molecule has 2 aromatic carbocycles. The third-order valence-corrected chi connectivity index (χ3v) is 4.89. The van der Waals surface area contributed by atoms with E-state index in [1.165, 1.54) is 12.1 Å². The summed E-state index contributed by atoms with van der Waals surface area (Å²) >= 11 is 0. The molecule has 0 aromatic heterocycles. The molecule has 1 saturated heterocycles. The highest BCUT2D eigenvalue weighted by Crippen LogP contribution is 2.16. The van der Waals surface area contributed by atoms with Crippen LogP contribution in [0.25, 0.3) is 0 Å². The Morgan fingerprint density at radius 3 is 2.54 bits per heavy atom. The van der Waals surface area contributed by atoms with Gasteiger partial charge in [-0.1, -0.05) is 12.1 Å². The molecule has 0 radical (unpaired) electrons. The molecule has 0 bridgehead atoms. The number of nitrogens with one attached hydrogen (secondary N) is 1. The molecule has 1 aliphatic heterocycles. The number of rotatable bonds is 5. The molecule has 148 valence electrons. The van der Waals surface area contributed by atoms with Crippen LogP contribution in [0.15, 0.2) is 53.5 Å². The molecule has 3 rings (SSSR count). The van der Waals surface area contributed by atoms with Crippen LogP contribution in [-0.4, -0.2) is 56.5 Å². The lowest BCUT2D eigenvalue weighted by Gasteiger charge is -2.36. The topological polar surface area (TPSA) is 74.0 Å².